The molecule has 1 heterocycles. The van der Waals surface area contributed by atoms with E-state index in [9.17, 15) is 9.59 Å². The second kappa shape index (κ2) is 6.90. The summed E-state index contributed by atoms with van der Waals surface area (Å²) in [6, 6.07) is 5.83. The van der Waals surface area contributed by atoms with Crippen molar-refractivity contribution in [2.45, 2.75) is 18.9 Å². The summed E-state index contributed by atoms with van der Waals surface area (Å²) in [5, 5.41) is 12.2. The molecule has 0 radical (unpaired) electrons. The fourth-order valence-electron chi connectivity index (χ4n) is 1.85. The molecule has 1 amide bonds. The molecule has 0 aliphatic heterocycles. The fraction of sp³-hybridized carbons (Fsp3) is 0.214. The molecule has 0 fully saturated rings. The third kappa shape index (κ3) is 4.61. The number of carboxylic acids is 1. The lowest BCUT2D eigenvalue weighted by Gasteiger charge is -2.13. The summed E-state index contributed by atoms with van der Waals surface area (Å²) in [6.07, 6.45) is 3.25. The first-order valence-electron chi connectivity index (χ1n) is 6.28. The monoisotopic (exact) mass is 307 g/mol. The van der Waals surface area contributed by atoms with Crippen LogP contribution >= 0.6 is 11.6 Å². The number of nitrogens with one attached hydrogen (secondary N) is 2. The molecule has 0 saturated heterocycles. The molecular weight excluding hydrogens is 294 g/mol. The number of aliphatic carboxylic acids is 1. The van der Waals surface area contributed by atoms with E-state index in [-0.39, 0.29) is 18.7 Å². The van der Waals surface area contributed by atoms with Crippen molar-refractivity contribution in [2.24, 2.45) is 0 Å². The summed E-state index contributed by atoms with van der Waals surface area (Å²) in [7, 11) is 0. The predicted molar refractivity (Wildman–Crippen MR) is 77.0 cm³/mol. The largest absolute Gasteiger partial charge is 0.480 e. The number of imidazole rings is 1. The zero-order valence-electron chi connectivity index (χ0n) is 11.0. The quantitative estimate of drug-likeness (QED) is 0.752. The molecule has 3 N–H and O–H groups in total. The molecule has 1 aromatic heterocycles. The van der Waals surface area contributed by atoms with Crippen molar-refractivity contribution in [1.29, 1.82) is 0 Å². The highest BCUT2D eigenvalue weighted by Gasteiger charge is 2.21. The van der Waals surface area contributed by atoms with Crippen LogP contribution in [0, 0.1) is 0 Å². The summed E-state index contributed by atoms with van der Waals surface area (Å²) in [6.45, 7) is 0. The number of carbonyl (C=O) groups excluding carboxylic acids is 1. The number of H-pyrrole nitrogens is 1. The predicted octanol–water partition coefficient (Wildman–Crippen LogP) is 1.42. The molecule has 0 bridgehead atoms. The molecule has 1 atom stereocenters. The van der Waals surface area contributed by atoms with E-state index in [2.05, 4.69) is 15.3 Å². The molecule has 0 aliphatic carbocycles. The molecule has 0 aliphatic rings. The van der Waals surface area contributed by atoms with Gasteiger partial charge in [0.15, 0.2) is 0 Å². The second-order valence-corrected chi connectivity index (χ2v) is 4.98. The van der Waals surface area contributed by atoms with Gasteiger partial charge in [-0.3, -0.25) is 4.79 Å². The first-order valence-corrected chi connectivity index (χ1v) is 6.66. The molecule has 0 unspecified atom stereocenters. The maximum atomic E-state index is 11.9. The van der Waals surface area contributed by atoms with Gasteiger partial charge in [-0.15, -0.1) is 0 Å². The molecule has 7 heteroatoms. The smallest absolute Gasteiger partial charge is 0.326 e. The van der Waals surface area contributed by atoms with Crippen LogP contribution in [0.3, 0.4) is 0 Å². The average molecular weight is 308 g/mol. The van der Waals surface area contributed by atoms with Crippen molar-refractivity contribution >= 4 is 23.5 Å². The number of hydrogen-bond donors (Lipinski definition) is 3. The van der Waals surface area contributed by atoms with Crippen molar-refractivity contribution < 1.29 is 14.7 Å². The topological polar surface area (TPSA) is 95.1 Å². The Morgan fingerprint density at radius 2 is 2.05 bits per heavy atom. The van der Waals surface area contributed by atoms with Crippen LogP contribution in [0.2, 0.25) is 5.02 Å². The Bertz CT molecular complexity index is 611. The first kappa shape index (κ1) is 15.1. The zero-order chi connectivity index (χ0) is 15.2. The number of aromatic amines is 1. The summed E-state index contributed by atoms with van der Waals surface area (Å²) in [5.41, 5.74) is 1.41. The summed E-state index contributed by atoms with van der Waals surface area (Å²) < 4.78 is 0. The molecule has 110 valence electrons. The average Bonchev–Trinajstić information content (AvgIpc) is 2.93. The van der Waals surface area contributed by atoms with E-state index in [1.165, 1.54) is 12.5 Å². The van der Waals surface area contributed by atoms with Gasteiger partial charge >= 0.3 is 5.97 Å². The lowest BCUT2D eigenvalue weighted by Crippen LogP contribution is -2.43. The zero-order valence-corrected chi connectivity index (χ0v) is 11.8. The number of benzene rings is 1. The van der Waals surface area contributed by atoms with E-state index in [1.54, 1.807) is 24.3 Å². The van der Waals surface area contributed by atoms with E-state index in [1.807, 2.05) is 0 Å². The van der Waals surface area contributed by atoms with Crippen LogP contribution in [-0.4, -0.2) is 33.0 Å². The fourth-order valence-corrected chi connectivity index (χ4v) is 1.98. The number of nitrogens with zero attached hydrogens (tertiary/aromatic N) is 1. The standard InChI is InChI=1S/C14H14ClN3O3/c15-10-3-1-9(2-4-10)5-13(19)18-12(14(20)21)6-11-7-16-8-17-11/h1-4,7-8,12H,5-6H2,(H,16,17)(H,18,19)(H,20,21)/t12-/m1/s1. The van der Waals surface area contributed by atoms with Crippen LogP contribution in [0.15, 0.2) is 36.8 Å². The van der Waals surface area contributed by atoms with Gasteiger partial charge in [0.05, 0.1) is 12.7 Å². The Labute approximate surface area is 126 Å². The van der Waals surface area contributed by atoms with Gasteiger partial charge in [0.2, 0.25) is 5.91 Å². The van der Waals surface area contributed by atoms with Crippen molar-refractivity contribution in [1.82, 2.24) is 15.3 Å². The number of halogens is 1. The number of amides is 1. The SMILES string of the molecule is O=C(Cc1ccc(Cl)cc1)N[C@H](Cc1cnc[nH]1)C(=O)O. The van der Waals surface area contributed by atoms with Gasteiger partial charge in [0.25, 0.3) is 0 Å². The molecule has 0 saturated carbocycles. The van der Waals surface area contributed by atoms with Crippen LogP contribution in [0.25, 0.3) is 0 Å². The maximum Gasteiger partial charge on any atom is 0.326 e. The van der Waals surface area contributed by atoms with E-state index < -0.39 is 12.0 Å². The molecular formula is C14H14ClN3O3. The van der Waals surface area contributed by atoms with Crippen LogP contribution < -0.4 is 5.32 Å². The van der Waals surface area contributed by atoms with E-state index in [0.717, 1.165) is 5.56 Å². The minimum absolute atomic E-state index is 0.101. The summed E-state index contributed by atoms with van der Waals surface area (Å²) in [5.74, 6) is -1.45. The van der Waals surface area contributed by atoms with Gasteiger partial charge in [-0.25, -0.2) is 9.78 Å². The third-order valence-electron chi connectivity index (χ3n) is 2.89. The van der Waals surface area contributed by atoms with Crippen molar-refractivity contribution in [3.8, 4) is 0 Å². The van der Waals surface area contributed by atoms with E-state index in [4.69, 9.17) is 16.7 Å². The number of carboxylic acid groups (broad SMARTS) is 1. The highest BCUT2D eigenvalue weighted by molar-refractivity contribution is 6.30. The molecule has 2 rings (SSSR count). The van der Waals surface area contributed by atoms with Crippen LogP contribution in [0.4, 0.5) is 0 Å². The van der Waals surface area contributed by atoms with Gasteiger partial charge < -0.3 is 15.4 Å². The minimum atomic E-state index is -1.09. The Kier molecular flexibility index (Phi) is 4.94. The highest BCUT2D eigenvalue weighted by atomic mass is 35.5. The van der Waals surface area contributed by atoms with Crippen LogP contribution in [0.1, 0.15) is 11.3 Å². The number of aromatic nitrogens is 2. The van der Waals surface area contributed by atoms with Gasteiger partial charge in [-0.05, 0) is 17.7 Å². The van der Waals surface area contributed by atoms with Crippen LogP contribution in [-0.2, 0) is 22.4 Å². The summed E-state index contributed by atoms with van der Waals surface area (Å²) in [4.78, 5) is 29.7. The number of carbonyl (C=O) groups is 2. The van der Waals surface area contributed by atoms with Crippen molar-refractivity contribution in [3.05, 3.63) is 53.1 Å². The lowest BCUT2D eigenvalue weighted by molar-refractivity contribution is -0.141. The Morgan fingerprint density at radius 1 is 1.33 bits per heavy atom. The molecule has 2 aromatic rings. The van der Waals surface area contributed by atoms with Gasteiger partial charge in [0.1, 0.15) is 6.04 Å². The molecule has 6 nitrogen and oxygen atoms in total. The highest BCUT2D eigenvalue weighted by Crippen LogP contribution is 2.10. The Hall–Kier alpha value is -2.34. The third-order valence-corrected chi connectivity index (χ3v) is 3.14. The number of rotatable bonds is 6. The van der Waals surface area contributed by atoms with Crippen molar-refractivity contribution in [3.63, 3.8) is 0 Å². The van der Waals surface area contributed by atoms with Crippen molar-refractivity contribution in [2.75, 3.05) is 0 Å². The molecule has 0 spiro atoms. The van der Waals surface area contributed by atoms with E-state index >= 15 is 0 Å². The molecule has 21 heavy (non-hydrogen) atoms. The Morgan fingerprint density at radius 3 is 2.62 bits per heavy atom. The summed E-state index contributed by atoms with van der Waals surface area (Å²) >= 11 is 5.77. The van der Waals surface area contributed by atoms with Crippen LogP contribution in [0.5, 0.6) is 0 Å². The van der Waals surface area contributed by atoms with Gasteiger partial charge in [-0.1, -0.05) is 23.7 Å². The minimum Gasteiger partial charge on any atom is -0.480 e. The maximum absolute atomic E-state index is 11.9. The van der Waals surface area contributed by atoms with E-state index in [0.29, 0.717) is 10.7 Å². The van der Waals surface area contributed by atoms with Gasteiger partial charge in [0, 0.05) is 23.3 Å². The normalized spacial score (nSPS) is 11.9. The second-order valence-electron chi connectivity index (χ2n) is 4.54. The first-order chi connectivity index (χ1) is 10.0. The Balaban J connectivity index is 1.95. The molecule has 1 aromatic carbocycles. The number of hydrogen-bond acceptors (Lipinski definition) is 3. The lowest BCUT2D eigenvalue weighted by atomic mass is 10.1. The van der Waals surface area contributed by atoms with Gasteiger partial charge in [-0.2, -0.15) is 0 Å².